The minimum absolute atomic E-state index is 0.345. The van der Waals surface area contributed by atoms with Crippen LogP contribution in [0.4, 0.5) is 5.82 Å². The topological polar surface area (TPSA) is 29.0 Å². The fraction of sp³-hybridized carbons (Fsp3) is 0.692. The number of anilines is 1. The van der Waals surface area contributed by atoms with Crippen molar-refractivity contribution in [1.29, 1.82) is 0 Å². The Labute approximate surface area is 108 Å². The van der Waals surface area contributed by atoms with Crippen LogP contribution in [-0.4, -0.2) is 23.6 Å². The largest absolute Gasteiger partial charge is 0.359 e. The third kappa shape index (κ3) is 2.71. The number of halogens is 1. The van der Waals surface area contributed by atoms with Gasteiger partial charge in [-0.25, -0.2) is 9.97 Å². The fourth-order valence-corrected chi connectivity index (χ4v) is 2.60. The number of rotatable bonds is 4. The first-order valence-corrected chi connectivity index (χ1v) is 6.60. The molecule has 1 aromatic heterocycles. The lowest BCUT2D eigenvalue weighted by Gasteiger charge is -2.23. The Balaban J connectivity index is 2.21. The van der Waals surface area contributed by atoms with Crippen molar-refractivity contribution in [3.05, 3.63) is 17.0 Å². The minimum atomic E-state index is 0.345. The Morgan fingerprint density at radius 1 is 1.47 bits per heavy atom. The lowest BCUT2D eigenvalue weighted by Crippen LogP contribution is -2.23. The van der Waals surface area contributed by atoms with Gasteiger partial charge < -0.3 is 4.90 Å². The molecular formula is C13H20ClN3. The Hall–Kier alpha value is -0.830. The Morgan fingerprint density at radius 3 is 2.65 bits per heavy atom. The summed E-state index contributed by atoms with van der Waals surface area (Å²) in [5.74, 6) is 3.00. The van der Waals surface area contributed by atoms with E-state index in [1.54, 1.807) is 6.33 Å². The van der Waals surface area contributed by atoms with Crippen LogP contribution in [0.1, 0.15) is 38.7 Å². The van der Waals surface area contributed by atoms with E-state index in [1.165, 1.54) is 6.42 Å². The van der Waals surface area contributed by atoms with Crippen LogP contribution >= 0.6 is 11.6 Å². The number of aromatic nitrogens is 2. The molecule has 1 fully saturated rings. The molecule has 1 saturated carbocycles. The highest BCUT2D eigenvalue weighted by Gasteiger charge is 2.34. The SMILES string of the molecule is CC(C)c1c(Cl)ncnc1N(C)CC1CC1C. The Morgan fingerprint density at radius 2 is 2.12 bits per heavy atom. The summed E-state index contributed by atoms with van der Waals surface area (Å²) < 4.78 is 0. The maximum atomic E-state index is 6.17. The van der Waals surface area contributed by atoms with Crippen molar-refractivity contribution in [3.8, 4) is 0 Å². The van der Waals surface area contributed by atoms with E-state index >= 15 is 0 Å². The van der Waals surface area contributed by atoms with E-state index in [2.05, 4.69) is 42.7 Å². The van der Waals surface area contributed by atoms with Crippen LogP contribution in [0, 0.1) is 11.8 Å². The van der Waals surface area contributed by atoms with Crippen molar-refractivity contribution in [3.63, 3.8) is 0 Å². The lowest BCUT2D eigenvalue weighted by molar-refractivity contribution is 0.709. The van der Waals surface area contributed by atoms with E-state index in [0.29, 0.717) is 11.1 Å². The van der Waals surface area contributed by atoms with E-state index < -0.39 is 0 Å². The zero-order chi connectivity index (χ0) is 12.6. The molecule has 0 aliphatic heterocycles. The number of nitrogens with zero attached hydrogens (tertiary/aromatic N) is 3. The highest BCUT2D eigenvalue weighted by molar-refractivity contribution is 6.30. The highest BCUT2D eigenvalue weighted by Crippen LogP contribution is 2.39. The average molecular weight is 254 g/mol. The highest BCUT2D eigenvalue weighted by atomic mass is 35.5. The Kier molecular flexibility index (Phi) is 3.57. The van der Waals surface area contributed by atoms with E-state index in [9.17, 15) is 0 Å². The molecule has 0 spiro atoms. The predicted molar refractivity (Wildman–Crippen MR) is 71.7 cm³/mol. The molecule has 1 aromatic rings. The second-order valence-electron chi connectivity index (χ2n) is 5.41. The zero-order valence-electron chi connectivity index (χ0n) is 10.9. The standard InChI is InChI=1S/C13H20ClN3/c1-8(2)11-12(14)15-7-16-13(11)17(4)6-10-5-9(10)3/h7-10H,5-6H2,1-4H3. The molecule has 0 N–H and O–H groups in total. The van der Waals surface area contributed by atoms with Gasteiger partial charge in [0.1, 0.15) is 17.3 Å². The summed E-state index contributed by atoms with van der Waals surface area (Å²) in [6.45, 7) is 7.62. The summed E-state index contributed by atoms with van der Waals surface area (Å²) >= 11 is 6.17. The van der Waals surface area contributed by atoms with Gasteiger partial charge in [0, 0.05) is 19.2 Å². The first kappa shape index (κ1) is 12.6. The van der Waals surface area contributed by atoms with Gasteiger partial charge >= 0.3 is 0 Å². The van der Waals surface area contributed by atoms with Crippen LogP contribution in [0.15, 0.2) is 6.33 Å². The second kappa shape index (κ2) is 4.81. The van der Waals surface area contributed by atoms with Gasteiger partial charge in [0.15, 0.2) is 0 Å². The summed E-state index contributed by atoms with van der Waals surface area (Å²) in [7, 11) is 2.09. The van der Waals surface area contributed by atoms with Crippen molar-refractivity contribution >= 4 is 17.4 Å². The van der Waals surface area contributed by atoms with Gasteiger partial charge in [-0.2, -0.15) is 0 Å². The van der Waals surface area contributed by atoms with Gasteiger partial charge in [-0.15, -0.1) is 0 Å². The number of hydrogen-bond donors (Lipinski definition) is 0. The molecule has 2 unspecified atom stereocenters. The molecule has 0 amide bonds. The lowest BCUT2D eigenvalue weighted by atomic mass is 10.1. The summed E-state index contributed by atoms with van der Waals surface area (Å²) in [4.78, 5) is 10.7. The summed E-state index contributed by atoms with van der Waals surface area (Å²) in [5.41, 5.74) is 1.06. The van der Waals surface area contributed by atoms with Crippen molar-refractivity contribution in [1.82, 2.24) is 9.97 Å². The maximum absolute atomic E-state index is 6.17. The quantitative estimate of drug-likeness (QED) is 0.771. The minimum Gasteiger partial charge on any atom is -0.359 e. The maximum Gasteiger partial charge on any atom is 0.138 e. The van der Waals surface area contributed by atoms with Crippen molar-refractivity contribution in [2.75, 3.05) is 18.5 Å². The van der Waals surface area contributed by atoms with Gasteiger partial charge in [0.25, 0.3) is 0 Å². The van der Waals surface area contributed by atoms with E-state index in [1.807, 2.05) is 0 Å². The second-order valence-corrected chi connectivity index (χ2v) is 5.77. The van der Waals surface area contributed by atoms with E-state index in [0.717, 1.165) is 29.8 Å². The molecule has 1 aliphatic rings. The fourth-order valence-electron chi connectivity index (χ4n) is 2.26. The molecule has 1 heterocycles. The van der Waals surface area contributed by atoms with Crippen LogP contribution in [0.3, 0.4) is 0 Å². The molecule has 2 atom stereocenters. The van der Waals surface area contributed by atoms with Crippen molar-refractivity contribution in [2.24, 2.45) is 11.8 Å². The molecule has 3 nitrogen and oxygen atoms in total. The molecule has 0 aromatic carbocycles. The molecule has 0 radical (unpaired) electrons. The third-order valence-corrected chi connectivity index (χ3v) is 3.84. The molecule has 1 aliphatic carbocycles. The van der Waals surface area contributed by atoms with Crippen LogP contribution in [0.5, 0.6) is 0 Å². The first-order chi connectivity index (χ1) is 8.00. The van der Waals surface area contributed by atoms with Crippen LogP contribution in [-0.2, 0) is 0 Å². The molecular weight excluding hydrogens is 234 g/mol. The van der Waals surface area contributed by atoms with Crippen LogP contribution in [0.25, 0.3) is 0 Å². The first-order valence-electron chi connectivity index (χ1n) is 6.22. The molecule has 0 bridgehead atoms. The van der Waals surface area contributed by atoms with Gasteiger partial charge in [-0.3, -0.25) is 0 Å². The van der Waals surface area contributed by atoms with Crippen molar-refractivity contribution < 1.29 is 0 Å². The van der Waals surface area contributed by atoms with Gasteiger partial charge in [-0.05, 0) is 24.2 Å². The van der Waals surface area contributed by atoms with Gasteiger partial charge in [0.2, 0.25) is 0 Å². The normalized spacial score (nSPS) is 22.9. The monoisotopic (exact) mass is 253 g/mol. The Bertz CT molecular complexity index is 406. The summed E-state index contributed by atoms with van der Waals surface area (Å²) in [6, 6.07) is 0. The molecule has 17 heavy (non-hydrogen) atoms. The third-order valence-electron chi connectivity index (χ3n) is 3.54. The summed E-state index contributed by atoms with van der Waals surface area (Å²) in [6.07, 6.45) is 2.89. The van der Waals surface area contributed by atoms with Crippen LogP contribution in [0.2, 0.25) is 5.15 Å². The summed E-state index contributed by atoms with van der Waals surface area (Å²) in [5, 5.41) is 0.584. The zero-order valence-corrected chi connectivity index (χ0v) is 11.7. The predicted octanol–water partition coefficient (Wildman–Crippen LogP) is 3.35. The van der Waals surface area contributed by atoms with Gasteiger partial charge in [0.05, 0.1) is 0 Å². The van der Waals surface area contributed by atoms with Gasteiger partial charge in [-0.1, -0.05) is 32.4 Å². The van der Waals surface area contributed by atoms with E-state index in [4.69, 9.17) is 11.6 Å². The molecule has 94 valence electrons. The molecule has 4 heteroatoms. The van der Waals surface area contributed by atoms with Crippen molar-refractivity contribution in [2.45, 2.75) is 33.1 Å². The smallest absolute Gasteiger partial charge is 0.138 e. The van der Waals surface area contributed by atoms with Crippen LogP contribution < -0.4 is 4.90 Å². The average Bonchev–Trinajstić information content (AvgIpc) is 2.93. The number of hydrogen-bond acceptors (Lipinski definition) is 3. The van der Waals surface area contributed by atoms with E-state index in [-0.39, 0.29) is 0 Å². The molecule has 0 saturated heterocycles. The molecule has 2 rings (SSSR count).